The van der Waals surface area contributed by atoms with E-state index in [1.807, 2.05) is 0 Å². The van der Waals surface area contributed by atoms with Crippen LogP contribution in [0.25, 0.3) is 0 Å². The second-order valence-corrected chi connectivity index (χ2v) is 4.28. The van der Waals surface area contributed by atoms with Crippen LogP contribution in [0.2, 0.25) is 0 Å². The number of carbonyl (C=O) groups is 1. The molecule has 12 N–H and O–H groups in total. The molecule has 0 saturated carbocycles. The van der Waals surface area contributed by atoms with E-state index in [9.17, 15) is 13.2 Å². The molecule has 17 heteroatoms. The van der Waals surface area contributed by atoms with Gasteiger partial charge in [0.25, 0.3) is 0 Å². The molecule has 0 aromatic rings. The second kappa shape index (κ2) is 20.4. The van der Waals surface area contributed by atoms with Crippen LogP contribution in [-0.4, -0.2) is 171 Å². The molecule has 0 amide bonds. The zero-order valence-electron chi connectivity index (χ0n) is 10.8. The summed E-state index contributed by atoms with van der Waals surface area (Å²) in [7, 11) is -4.82. The quantitative estimate of drug-likeness (QED) is 0.145. The van der Waals surface area contributed by atoms with Crippen LogP contribution < -0.4 is 0 Å². The Balaban J connectivity index is -0.0000000609. The molecule has 0 rings (SSSR count). The zero-order chi connectivity index (χ0) is 16.5. The molecule has 0 spiro atoms. The predicted molar refractivity (Wildman–Crippen MR) is 81.8 cm³/mol. The van der Waals surface area contributed by atoms with Crippen LogP contribution in [0.1, 0.15) is 0 Å². The van der Waals surface area contributed by atoms with Crippen LogP contribution in [-0.2, 0) is 14.6 Å². The van der Waals surface area contributed by atoms with Gasteiger partial charge < -0.3 is 46.7 Å². The third kappa shape index (κ3) is 23.1. The Morgan fingerprint density at radius 2 is 1.17 bits per heavy atom. The maximum atomic E-state index is 9.39. The Bertz CT molecular complexity index is 365. The summed E-state index contributed by atoms with van der Waals surface area (Å²) in [6, 6.07) is 0. The van der Waals surface area contributed by atoms with Gasteiger partial charge in [-0.3, -0.25) is 8.74 Å². The van der Waals surface area contributed by atoms with Gasteiger partial charge in [0.05, 0.1) is 13.2 Å². The normalized spacial score (nSPS) is 14.3. The summed E-state index contributed by atoms with van der Waals surface area (Å²) in [4.78, 5) is 9.25. The van der Waals surface area contributed by atoms with Gasteiger partial charge in [0.1, 0.15) is 24.4 Å². The summed E-state index contributed by atoms with van der Waals surface area (Å²) in [6.45, 7) is -1.45. The number of hydrogen-bond donors (Lipinski definition) is 8. The molecule has 0 heterocycles. The van der Waals surface area contributed by atoms with Crippen molar-refractivity contribution in [3.05, 3.63) is 0 Å². The van der Waals surface area contributed by atoms with Gasteiger partial charge in [0, 0.05) is 0 Å². The zero-order valence-corrected chi connectivity index (χ0v) is 11.7. The molecule has 0 radical (unpaired) electrons. The summed E-state index contributed by atoms with van der Waals surface area (Å²) < 4.78 is 29.2. The summed E-state index contributed by atoms with van der Waals surface area (Å²) >= 11 is 0. The van der Waals surface area contributed by atoms with Gasteiger partial charge in [-0.15, -0.1) is 0 Å². The van der Waals surface area contributed by atoms with Crippen LogP contribution in [0.3, 0.4) is 0 Å². The van der Waals surface area contributed by atoms with Gasteiger partial charge in [-0.25, -0.2) is 4.79 Å². The number of carboxylic acid groups (broad SMARTS) is 1. The van der Waals surface area contributed by atoms with Gasteiger partial charge in [0.2, 0.25) is 0 Å². The standard InChI is InChI=1S/C6H14O6.CH2O6S.Ca.Na.2H2O.3H/c7-1-3(9)5(11)6(12)4(10)2-8;2-1(3)7-8(4,5)6;;;;;;;/h3-12H,1-2H2;(H,2,3)(H,4,5,6);;;2*1H2;;;/t3-,4-,5-,6-;;;;;;;;/m1......../s1. The van der Waals surface area contributed by atoms with E-state index < -0.39 is 54.2 Å². The number of aliphatic hydroxyl groups is 6. The minimum atomic E-state index is -4.82. The van der Waals surface area contributed by atoms with Crippen molar-refractivity contribution in [1.82, 2.24) is 0 Å². The van der Waals surface area contributed by atoms with Crippen LogP contribution in [0.5, 0.6) is 0 Å². The molecule has 0 saturated heterocycles. The minimum absolute atomic E-state index is 0. The Morgan fingerprint density at radius 1 is 0.917 bits per heavy atom. The first kappa shape index (κ1) is 40.0. The fraction of sp³-hybridized carbons (Fsp3) is 0.857. The number of hydrogen-bond acceptors (Lipinski definition) is 10. The van der Waals surface area contributed by atoms with Gasteiger partial charge in [-0.05, 0) is 0 Å². The van der Waals surface area contributed by atoms with E-state index >= 15 is 0 Å². The first-order valence-electron chi connectivity index (χ1n) is 4.80. The van der Waals surface area contributed by atoms with Crippen molar-refractivity contribution in [2.24, 2.45) is 0 Å². The van der Waals surface area contributed by atoms with E-state index in [1.165, 1.54) is 0 Å². The van der Waals surface area contributed by atoms with E-state index in [2.05, 4.69) is 4.18 Å². The van der Waals surface area contributed by atoms with Crippen LogP contribution in [0.15, 0.2) is 0 Å². The Labute approximate surface area is 188 Å². The van der Waals surface area contributed by atoms with E-state index in [4.69, 9.17) is 40.3 Å². The predicted octanol–water partition coefficient (Wildman–Crippen LogP) is -7.32. The third-order valence-corrected chi connectivity index (χ3v) is 2.04. The van der Waals surface area contributed by atoms with Crippen molar-refractivity contribution in [1.29, 1.82) is 0 Å². The molecule has 0 aromatic heterocycles. The topological polar surface area (TPSA) is 285 Å². The van der Waals surface area contributed by atoms with Crippen molar-refractivity contribution in [2.45, 2.75) is 24.4 Å². The first-order chi connectivity index (χ1) is 8.96. The fourth-order valence-electron chi connectivity index (χ4n) is 0.761. The molecule has 4 atom stereocenters. The van der Waals surface area contributed by atoms with E-state index in [1.54, 1.807) is 0 Å². The van der Waals surface area contributed by atoms with E-state index in [-0.39, 0.29) is 78.2 Å². The average molecular weight is 426 g/mol. The molecule has 144 valence electrons. The molecule has 0 bridgehead atoms. The first-order valence-corrected chi connectivity index (χ1v) is 6.16. The van der Waals surface area contributed by atoms with E-state index in [0.29, 0.717) is 0 Å². The number of rotatable bonds is 6. The SMILES string of the molecule is O.O.O=C(O)OS(=O)(=O)O.OC[C@@H](O)[C@@H](O)[C@H](O)[C@H](O)CO.[CaH2].[NaH]. The van der Waals surface area contributed by atoms with E-state index in [0.717, 1.165) is 0 Å². The fourth-order valence-corrected chi connectivity index (χ4v) is 0.941. The molecule has 0 aliphatic heterocycles. The molecule has 14 nitrogen and oxygen atoms in total. The summed E-state index contributed by atoms with van der Waals surface area (Å²) in [6.07, 6.45) is -8.45. The second-order valence-electron chi connectivity index (χ2n) is 3.26. The number of aliphatic hydroxyl groups excluding tert-OH is 6. The van der Waals surface area contributed by atoms with Gasteiger partial charge in [-0.1, -0.05) is 0 Å². The molecular weight excluding hydrogens is 403 g/mol. The van der Waals surface area contributed by atoms with Gasteiger partial charge >= 0.3 is 83.8 Å². The molecule has 0 aliphatic carbocycles. The Morgan fingerprint density at radius 3 is 1.25 bits per heavy atom. The summed E-state index contributed by atoms with van der Waals surface area (Å²) in [5.41, 5.74) is 0. The Hall–Kier alpha value is 1.12. The molecule has 0 fully saturated rings. The molecule has 24 heavy (non-hydrogen) atoms. The molecule has 0 unspecified atom stereocenters. The van der Waals surface area contributed by atoms with Crippen molar-refractivity contribution in [3.63, 3.8) is 0 Å². The van der Waals surface area contributed by atoms with Gasteiger partial charge in [0.15, 0.2) is 0 Å². The summed E-state index contributed by atoms with van der Waals surface area (Å²) in [5, 5.41) is 59.7. The van der Waals surface area contributed by atoms with Crippen molar-refractivity contribution in [3.8, 4) is 0 Å². The monoisotopic (exact) mass is 426 g/mol. The Kier molecular flexibility index (Phi) is 34.0. The van der Waals surface area contributed by atoms with Crippen molar-refractivity contribution >= 4 is 83.8 Å². The summed E-state index contributed by atoms with van der Waals surface area (Å²) in [5.74, 6) is 0. The van der Waals surface area contributed by atoms with Crippen LogP contribution in [0.4, 0.5) is 4.79 Å². The van der Waals surface area contributed by atoms with Crippen molar-refractivity contribution in [2.75, 3.05) is 13.2 Å². The third-order valence-electron chi connectivity index (χ3n) is 1.69. The molecule has 0 aliphatic rings. The molecular formula is C7H23CaNaO14S. The molecule has 0 aromatic carbocycles. The van der Waals surface area contributed by atoms with Crippen LogP contribution >= 0.6 is 0 Å². The van der Waals surface area contributed by atoms with Crippen LogP contribution in [0, 0.1) is 0 Å². The average Bonchev–Trinajstić information content (AvgIpc) is 2.32. The maximum absolute atomic E-state index is 9.39. The van der Waals surface area contributed by atoms with Gasteiger partial charge in [-0.2, -0.15) is 8.42 Å². The van der Waals surface area contributed by atoms with Crippen molar-refractivity contribution < 1.29 is 68.6 Å².